The number of guanidine groups is 1. The number of aryl methyl sites for hydroxylation is 1. The number of hydrogen-bond donors (Lipinski definition) is 2. The molecule has 0 atom stereocenters. The Morgan fingerprint density at radius 1 is 1.13 bits per heavy atom. The molecule has 1 fully saturated rings. The van der Waals surface area contributed by atoms with Crippen molar-refractivity contribution >= 4 is 11.6 Å². The summed E-state index contributed by atoms with van der Waals surface area (Å²) >= 11 is 0. The second-order valence-electron chi connectivity index (χ2n) is 7.17. The average Bonchev–Trinajstić information content (AvgIpc) is 2.77. The van der Waals surface area contributed by atoms with Crippen molar-refractivity contribution in [1.82, 2.24) is 10.6 Å². The minimum absolute atomic E-state index is 0.214. The predicted molar refractivity (Wildman–Crippen MR) is 119 cm³/mol. The van der Waals surface area contributed by atoms with Crippen molar-refractivity contribution in [3.05, 3.63) is 59.4 Å². The maximum atomic E-state index is 14.6. The molecule has 0 saturated carbocycles. The van der Waals surface area contributed by atoms with Gasteiger partial charge in [0.15, 0.2) is 5.96 Å². The number of benzene rings is 2. The van der Waals surface area contributed by atoms with Crippen LogP contribution in [0.2, 0.25) is 0 Å². The van der Waals surface area contributed by atoms with Crippen molar-refractivity contribution in [2.75, 3.05) is 50.9 Å². The summed E-state index contributed by atoms with van der Waals surface area (Å²) in [6.45, 7) is 9.04. The van der Waals surface area contributed by atoms with Gasteiger partial charge in [-0.2, -0.15) is 0 Å². The Balaban J connectivity index is 1.50. The standard InChI is InChI=1S/C23H31FN4O2/c1-3-25-23(26-10-13-30-20-7-4-18(2)5-8-20)27-17-19-6-9-22(21(24)16-19)28-11-14-29-15-12-28/h4-9,16H,3,10-15,17H2,1-2H3,(H2,25,26,27). The van der Waals surface area contributed by atoms with Gasteiger partial charge in [0.05, 0.1) is 32.0 Å². The van der Waals surface area contributed by atoms with Crippen LogP contribution in [0.15, 0.2) is 47.5 Å². The fourth-order valence-electron chi connectivity index (χ4n) is 3.19. The van der Waals surface area contributed by atoms with Crippen LogP contribution in [0.25, 0.3) is 0 Å². The minimum Gasteiger partial charge on any atom is -0.492 e. The summed E-state index contributed by atoms with van der Waals surface area (Å²) in [4.78, 5) is 6.58. The van der Waals surface area contributed by atoms with Gasteiger partial charge in [0, 0.05) is 19.6 Å². The summed E-state index contributed by atoms with van der Waals surface area (Å²) in [5.74, 6) is 1.32. The molecule has 7 heteroatoms. The first kappa shape index (κ1) is 21.9. The number of halogens is 1. The van der Waals surface area contributed by atoms with E-state index >= 15 is 0 Å². The summed E-state index contributed by atoms with van der Waals surface area (Å²) < 4.78 is 25.6. The number of aliphatic imine (C=N–C) groups is 1. The number of ether oxygens (including phenoxy) is 2. The zero-order valence-electron chi connectivity index (χ0n) is 17.8. The van der Waals surface area contributed by atoms with Gasteiger partial charge in [0.25, 0.3) is 0 Å². The molecule has 1 aliphatic heterocycles. The summed E-state index contributed by atoms with van der Waals surface area (Å²) in [5.41, 5.74) is 2.67. The fourth-order valence-corrected chi connectivity index (χ4v) is 3.19. The molecule has 0 aliphatic carbocycles. The third-order valence-electron chi connectivity index (χ3n) is 4.81. The van der Waals surface area contributed by atoms with Crippen LogP contribution in [0.3, 0.4) is 0 Å². The molecule has 162 valence electrons. The van der Waals surface area contributed by atoms with E-state index in [9.17, 15) is 4.39 Å². The first-order valence-electron chi connectivity index (χ1n) is 10.5. The van der Waals surface area contributed by atoms with Crippen molar-refractivity contribution < 1.29 is 13.9 Å². The molecule has 1 aliphatic rings. The second-order valence-corrected chi connectivity index (χ2v) is 7.17. The summed E-state index contributed by atoms with van der Waals surface area (Å²) in [5, 5.41) is 6.45. The number of nitrogens with one attached hydrogen (secondary N) is 2. The lowest BCUT2D eigenvalue weighted by Gasteiger charge is -2.29. The molecule has 0 unspecified atom stereocenters. The van der Waals surface area contributed by atoms with Gasteiger partial charge in [-0.15, -0.1) is 0 Å². The quantitative estimate of drug-likeness (QED) is 0.395. The Hall–Kier alpha value is -2.80. The molecule has 6 nitrogen and oxygen atoms in total. The maximum Gasteiger partial charge on any atom is 0.191 e. The van der Waals surface area contributed by atoms with Crippen LogP contribution >= 0.6 is 0 Å². The largest absolute Gasteiger partial charge is 0.492 e. The van der Waals surface area contributed by atoms with Crippen LogP contribution in [0.1, 0.15) is 18.1 Å². The molecule has 0 bridgehead atoms. The van der Waals surface area contributed by atoms with Gasteiger partial charge >= 0.3 is 0 Å². The Morgan fingerprint density at radius 2 is 1.90 bits per heavy atom. The zero-order chi connectivity index (χ0) is 21.2. The Kier molecular flexibility index (Phi) is 8.32. The minimum atomic E-state index is -0.214. The number of morpholine rings is 1. The van der Waals surface area contributed by atoms with Crippen LogP contribution in [0.4, 0.5) is 10.1 Å². The topological polar surface area (TPSA) is 58.1 Å². The van der Waals surface area contributed by atoms with Crippen LogP contribution in [-0.2, 0) is 11.3 Å². The number of nitrogens with zero attached hydrogens (tertiary/aromatic N) is 2. The molecular weight excluding hydrogens is 383 g/mol. The van der Waals surface area contributed by atoms with Crippen molar-refractivity contribution in [2.45, 2.75) is 20.4 Å². The van der Waals surface area contributed by atoms with Gasteiger partial charge in [0.2, 0.25) is 0 Å². The predicted octanol–water partition coefficient (Wildman–Crippen LogP) is 3.10. The average molecular weight is 415 g/mol. The molecule has 3 rings (SSSR count). The molecule has 2 N–H and O–H groups in total. The number of anilines is 1. The van der Waals surface area contributed by atoms with Crippen LogP contribution in [0, 0.1) is 12.7 Å². The van der Waals surface area contributed by atoms with Crippen LogP contribution in [-0.4, -0.2) is 52.0 Å². The highest BCUT2D eigenvalue weighted by atomic mass is 19.1. The molecule has 2 aromatic rings. The van der Waals surface area contributed by atoms with E-state index in [0.717, 1.165) is 17.9 Å². The van der Waals surface area contributed by atoms with E-state index in [0.29, 0.717) is 57.6 Å². The van der Waals surface area contributed by atoms with Crippen molar-refractivity contribution in [1.29, 1.82) is 0 Å². The molecule has 0 spiro atoms. The summed E-state index contributed by atoms with van der Waals surface area (Å²) in [7, 11) is 0. The molecule has 0 amide bonds. The van der Waals surface area contributed by atoms with Gasteiger partial charge in [-0.3, -0.25) is 0 Å². The third-order valence-corrected chi connectivity index (χ3v) is 4.81. The van der Waals surface area contributed by atoms with E-state index in [1.165, 1.54) is 5.56 Å². The van der Waals surface area contributed by atoms with Crippen molar-refractivity contribution in [3.63, 3.8) is 0 Å². The molecule has 0 aromatic heterocycles. The third kappa shape index (κ3) is 6.62. The van der Waals surface area contributed by atoms with Crippen molar-refractivity contribution in [3.8, 4) is 5.75 Å². The van der Waals surface area contributed by atoms with E-state index in [1.54, 1.807) is 6.07 Å². The van der Waals surface area contributed by atoms with E-state index in [-0.39, 0.29) is 5.82 Å². The zero-order valence-corrected chi connectivity index (χ0v) is 17.8. The smallest absolute Gasteiger partial charge is 0.191 e. The van der Waals surface area contributed by atoms with E-state index < -0.39 is 0 Å². The summed E-state index contributed by atoms with van der Waals surface area (Å²) in [6, 6.07) is 13.3. The lowest BCUT2D eigenvalue weighted by molar-refractivity contribution is 0.122. The molecule has 30 heavy (non-hydrogen) atoms. The van der Waals surface area contributed by atoms with Crippen LogP contribution in [0.5, 0.6) is 5.75 Å². The molecule has 2 aromatic carbocycles. The SMILES string of the molecule is CCNC(=NCc1ccc(N2CCOCC2)c(F)c1)NCCOc1ccc(C)cc1. The van der Waals surface area contributed by atoms with Crippen molar-refractivity contribution in [2.24, 2.45) is 4.99 Å². The highest BCUT2D eigenvalue weighted by Gasteiger charge is 2.15. The normalized spacial score (nSPS) is 14.5. The molecule has 1 heterocycles. The Bertz CT molecular complexity index is 820. The monoisotopic (exact) mass is 414 g/mol. The van der Waals surface area contributed by atoms with E-state index in [2.05, 4.69) is 15.6 Å². The van der Waals surface area contributed by atoms with Gasteiger partial charge in [-0.05, 0) is 43.7 Å². The van der Waals surface area contributed by atoms with E-state index in [1.807, 2.05) is 55.1 Å². The number of rotatable bonds is 8. The Morgan fingerprint density at radius 3 is 2.60 bits per heavy atom. The summed E-state index contributed by atoms with van der Waals surface area (Å²) in [6.07, 6.45) is 0. The van der Waals surface area contributed by atoms with Gasteiger partial charge in [-0.1, -0.05) is 23.8 Å². The fraction of sp³-hybridized carbons (Fsp3) is 0.435. The first-order valence-corrected chi connectivity index (χ1v) is 10.5. The van der Waals surface area contributed by atoms with Crippen LogP contribution < -0.4 is 20.3 Å². The molecule has 0 radical (unpaired) electrons. The van der Waals surface area contributed by atoms with Gasteiger partial charge in [0.1, 0.15) is 18.2 Å². The lowest BCUT2D eigenvalue weighted by atomic mass is 10.1. The van der Waals surface area contributed by atoms with E-state index in [4.69, 9.17) is 9.47 Å². The van der Waals surface area contributed by atoms with Gasteiger partial charge in [-0.25, -0.2) is 9.38 Å². The van der Waals surface area contributed by atoms with Gasteiger partial charge < -0.3 is 25.0 Å². The maximum absolute atomic E-state index is 14.6. The highest BCUT2D eigenvalue weighted by Crippen LogP contribution is 2.22. The highest BCUT2D eigenvalue weighted by molar-refractivity contribution is 5.79. The second kappa shape index (κ2) is 11.4. The molecule has 1 saturated heterocycles. The Labute approximate surface area is 178 Å². The molecular formula is C23H31FN4O2. The lowest BCUT2D eigenvalue weighted by Crippen LogP contribution is -2.39. The number of hydrogen-bond acceptors (Lipinski definition) is 4. The first-order chi connectivity index (χ1) is 14.7.